The van der Waals surface area contributed by atoms with Crippen molar-refractivity contribution >= 4 is 6.08 Å². The number of benzene rings is 2. The van der Waals surface area contributed by atoms with Gasteiger partial charge in [-0.25, -0.2) is 4.39 Å². The molecule has 0 saturated carbocycles. The number of methoxy groups -OCH3 is 1. The molecule has 0 fully saturated rings. The molecule has 0 spiro atoms. The molecule has 0 heterocycles. The lowest BCUT2D eigenvalue weighted by Crippen LogP contribution is -1.87. The zero-order valence-electron chi connectivity index (χ0n) is 10.3. The minimum absolute atomic E-state index is 0.147. The minimum Gasteiger partial charge on any atom is -0.497 e. The molecule has 0 aliphatic carbocycles. The highest BCUT2D eigenvalue weighted by molar-refractivity contribution is 5.51. The molecule has 0 saturated heterocycles. The van der Waals surface area contributed by atoms with Gasteiger partial charge in [-0.05, 0) is 29.3 Å². The Kier molecular flexibility index (Phi) is 4.13. The van der Waals surface area contributed by atoms with Crippen LogP contribution in [0.5, 0.6) is 5.75 Å². The van der Waals surface area contributed by atoms with Crippen LogP contribution in [0.3, 0.4) is 0 Å². The summed E-state index contributed by atoms with van der Waals surface area (Å²) < 4.78 is 18.8. The third-order valence-corrected chi connectivity index (χ3v) is 2.65. The molecular formula is C16H15FO. The molecule has 0 amide bonds. The largest absolute Gasteiger partial charge is 0.497 e. The zero-order valence-corrected chi connectivity index (χ0v) is 10.3. The average molecular weight is 242 g/mol. The van der Waals surface area contributed by atoms with E-state index in [1.165, 1.54) is 0 Å². The number of hydrogen-bond donors (Lipinski definition) is 0. The Morgan fingerprint density at radius 3 is 2.33 bits per heavy atom. The third kappa shape index (κ3) is 3.45. The molecule has 92 valence electrons. The van der Waals surface area contributed by atoms with Gasteiger partial charge in [0.2, 0.25) is 0 Å². The maximum Gasteiger partial charge on any atom is 0.118 e. The van der Waals surface area contributed by atoms with Crippen LogP contribution in [0.4, 0.5) is 4.39 Å². The SMILES string of the molecule is COc1ccc(C/C(F)=C/c2ccccc2)cc1. The number of halogens is 1. The van der Waals surface area contributed by atoms with Gasteiger partial charge in [0.1, 0.15) is 11.6 Å². The van der Waals surface area contributed by atoms with Crippen LogP contribution in [0.2, 0.25) is 0 Å². The lowest BCUT2D eigenvalue weighted by atomic mass is 10.1. The normalized spacial score (nSPS) is 11.3. The first kappa shape index (κ1) is 12.4. The van der Waals surface area contributed by atoms with E-state index in [1.807, 2.05) is 54.6 Å². The molecule has 0 aliphatic heterocycles. The van der Waals surface area contributed by atoms with E-state index >= 15 is 0 Å². The van der Waals surface area contributed by atoms with E-state index in [-0.39, 0.29) is 5.83 Å². The van der Waals surface area contributed by atoms with Gasteiger partial charge in [-0.3, -0.25) is 0 Å². The Bertz CT molecular complexity index is 515. The first-order valence-corrected chi connectivity index (χ1v) is 5.82. The lowest BCUT2D eigenvalue weighted by molar-refractivity contribution is 0.414. The number of allylic oxidation sites excluding steroid dienone is 1. The summed E-state index contributed by atoms with van der Waals surface area (Å²) in [6.07, 6.45) is 1.86. The second kappa shape index (κ2) is 6.01. The fraction of sp³-hybridized carbons (Fsp3) is 0.125. The first-order valence-electron chi connectivity index (χ1n) is 5.82. The summed E-state index contributed by atoms with van der Waals surface area (Å²) in [5, 5.41) is 0. The monoisotopic (exact) mass is 242 g/mol. The molecule has 0 aliphatic rings. The van der Waals surface area contributed by atoms with Crippen molar-refractivity contribution in [3.8, 4) is 5.75 Å². The highest BCUT2D eigenvalue weighted by atomic mass is 19.1. The van der Waals surface area contributed by atoms with Crippen LogP contribution in [0.25, 0.3) is 6.08 Å². The summed E-state index contributed by atoms with van der Waals surface area (Å²) in [6.45, 7) is 0. The van der Waals surface area contributed by atoms with Crippen molar-refractivity contribution in [3.05, 3.63) is 71.6 Å². The predicted molar refractivity (Wildman–Crippen MR) is 72.2 cm³/mol. The molecule has 0 atom stereocenters. The van der Waals surface area contributed by atoms with E-state index in [4.69, 9.17) is 4.74 Å². The fourth-order valence-electron chi connectivity index (χ4n) is 1.72. The summed E-state index contributed by atoms with van der Waals surface area (Å²) in [5.74, 6) is 0.637. The van der Waals surface area contributed by atoms with Crippen LogP contribution in [0, 0.1) is 0 Å². The highest BCUT2D eigenvalue weighted by Crippen LogP contribution is 2.16. The summed E-state index contributed by atoms with van der Waals surface area (Å²) in [7, 11) is 1.62. The van der Waals surface area contributed by atoms with Crippen LogP contribution in [0.15, 0.2) is 60.4 Å². The topological polar surface area (TPSA) is 9.23 Å². The van der Waals surface area contributed by atoms with Crippen LogP contribution in [0.1, 0.15) is 11.1 Å². The van der Waals surface area contributed by atoms with Gasteiger partial charge < -0.3 is 4.74 Å². The van der Waals surface area contributed by atoms with Crippen molar-refractivity contribution in [2.24, 2.45) is 0 Å². The van der Waals surface area contributed by atoms with Crippen molar-refractivity contribution in [2.75, 3.05) is 7.11 Å². The van der Waals surface area contributed by atoms with E-state index in [0.717, 1.165) is 16.9 Å². The molecule has 0 N–H and O–H groups in total. The second-order valence-electron chi connectivity index (χ2n) is 4.03. The molecule has 18 heavy (non-hydrogen) atoms. The number of ether oxygens (including phenoxy) is 1. The van der Waals surface area contributed by atoms with Crippen molar-refractivity contribution in [1.29, 1.82) is 0 Å². The van der Waals surface area contributed by atoms with Gasteiger partial charge in [0.15, 0.2) is 0 Å². The molecule has 2 aromatic carbocycles. The van der Waals surface area contributed by atoms with Crippen molar-refractivity contribution in [2.45, 2.75) is 6.42 Å². The van der Waals surface area contributed by atoms with Crippen LogP contribution < -0.4 is 4.74 Å². The van der Waals surface area contributed by atoms with Gasteiger partial charge in [-0.15, -0.1) is 0 Å². The fourth-order valence-corrected chi connectivity index (χ4v) is 1.72. The Balaban J connectivity index is 2.06. The Labute approximate surface area is 107 Å². The van der Waals surface area contributed by atoms with Crippen molar-refractivity contribution in [1.82, 2.24) is 0 Å². The molecule has 0 unspecified atom stereocenters. The molecule has 0 aromatic heterocycles. The quantitative estimate of drug-likeness (QED) is 0.778. The highest BCUT2D eigenvalue weighted by Gasteiger charge is 1.99. The van der Waals surface area contributed by atoms with Gasteiger partial charge in [-0.1, -0.05) is 42.5 Å². The van der Waals surface area contributed by atoms with E-state index in [1.54, 1.807) is 13.2 Å². The zero-order chi connectivity index (χ0) is 12.8. The van der Waals surface area contributed by atoms with Gasteiger partial charge >= 0.3 is 0 Å². The smallest absolute Gasteiger partial charge is 0.118 e. The predicted octanol–water partition coefficient (Wildman–Crippen LogP) is 4.25. The molecule has 2 heteroatoms. The van der Waals surface area contributed by atoms with E-state index in [2.05, 4.69) is 0 Å². The van der Waals surface area contributed by atoms with Gasteiger partial charge in [-0.2, -0.15) is 0 Å². The van der Waals surface area contributed by atoms with Crippen LogP contribution >= 0.6 is 0 Å². The Hall–Kier alpha value is -2.09. The maximum absolute atomic E-state index is 13.8. The molecule has 1 nitrogen and oxygen atoms in total. The summed E-state index contributed by atoms with van der Waals surface area (Å²) in [6, 6.07) is 16.9. The Morgan fingerprint density at radius 1 is 1.06 bits per heavy atom. The van der Waals surface area contributed by atoms with Gasteiger partial charge in [0.05, 0.1) is 7.11 Å². The minimum atomic E-state index is -0.147. The summed E-state index contributed by atoms with van der Waals surface area (Å²) in [5.41, 5.74) is 1.81. The molecule has 2 aromatic rings. The molecule has 0 bridgehead atoms. The van der Waals surface area contributed by atoms with Gasteiger partial charge in [0.25, 0.3) is 0 Å². The summed E-state index contributed by atoms with van der Waals surface area (Å²) in [4.78, 5) is 0. The average Bonchev–Trinajstić information content (AvgIpc) is 2.40. The number of hydrogen-bond acceptors (Lipinski definition) is 1. The van der Waals surface area contributed by atoms with Crippen molar-refractivity contribution < 1.29 is 9.13 Å². The second-order valence-corrected chi connectivity index (χ2v) is 4.03. The third-order valence-electron chi connectivity index (χ3n) is 2.65. The van der Waals surface area contributed by atoms with Crippen LogP contribution in [-0.2, 0) is 6.42 Å². The molecule has 2 rings (SSSR count). The molecule has 0 radical (unpaired) electrons. The van der Waals surface area contributed by atoms with E-state index in [9.17, 15) is 4.39 Å². The maximum atomic E-state index is 13.8. The van der Waals surface area contributed by atoms with Gasteiger partial charge in [0, 0.05) is 6.42 Å². The first-order chi connectivity index (χ1) is 8.78. The summed E-state index contributed by atoms with van der Waals surface area (Å²) >= 11 is 0. The lowest BCUT2D eigenvalue weighted by Gasteiger charge is -2.02. The van der Waals surface area contributed by atoms with Crippen molar-refractivity contribution in [3.63, 3.8) is 0 Å². The van der Waals surface area contributed by atoms with Crippen LogP contribution in [-0.4, -0.2) is 7.11 Å². The standard InChI is InChI=1S/C16H15FO/c1-18-16-9-7-14(8-10-16)12-15(17)11-13-5-3-2-4-6-13/h2-11H,12H2,1H3/b15-11-. The Morgan fingerprint density at radius 2 is 1.72 bits per heavy atom. The van der Waals surface area contributed by atoms with E-state index in [0.29, 0.717) is 6.42 Å². The number of rotatable bonds is 4. The molecular weight excluding hydrogens is 227 g/mol. The van der Waals surface area contributed by atoms with E-state index < -0.39 is 0 Å².